The number of hydrogen-bond acceptors (Lipinski definition) is 7. The molecule has 0 saturated carbocycles. The second kappa shape index (κ2) is 7.83. The predicted octanol–water partition coefficient (Wildman–Crippen LogP) is 0.750. The third-order valence-electron chi connectivity index (χ3n) is 6.94. The maximum atomic E-state index is 15.0. The van der Waals surface area contributed by atoms with E-state index in [0.29, 0.717) is 19.7 Å². The Balaban J connectivity index is 1.49. The van der Waals surface area contributed by atoms with Gasteiger partial charge in [0, 0.05) is 19.5 Å². The number of ether oxygens (including phenoxy) is 2. The number of rotatable bonds is 3. The van der Waals surface area contributed by atoms with Gasteiger partial charge in [0.15, 0.2) is 5.82 Å². The van der Waals surface area contributed by atoms with Crippen LogP contribution in [0.15, 0.2) is 4.79 Å². The fourth-order valence-electron chi connectivity index (χ4n) is 4.94. The molecule has 2 atom stereocenters. The van der Waals surface area contributed by atoms with E-state index in [4.69, 9.17) is 9.47 Å². The summed E-state index contributed by atoms with van der Waals surface area (Å²) in [7, 11) is 0. The zero-order valence-corrected chi connectivity index (χ0v) is 18.1. The highest BCUT2D eigenvalue weighted by molar-refractivity contribution is 5.82. The van der Waals surface area contributed by atoms with Crippen LogP contribution in [0.25, 0.3) is 0 Å². The third kappa shape index (κ3) is 3.74. The molecule has 4 aliphatic rings. The van der Waals surface area contributed by atoms with Gasteiger partial charge in [-0.05, 0) is 13.3 Å². The number of anilines is 2. The van der Waals surface area contributed by atoms with Crippen molar-refractivity contribution < 1.29 is 31.8 Å². The summed E-state index contributed by atoms with van der Waals surface area (Å²) in [6, 6.07) is -2.33. The number of fused-ring (bicyclic) bond motifs is 1. The minimum absolute atomic E-state index is 0.242. The number of nitrogens with zero attached hydrogens (tertiary/aromatic N) is 5. The quantitative estimate of drug-likeness (QED) is 0.597. The summed E-state index contributed by atoms with van der Waals surface area (Å²) in [5.41, 5.74) is -1.41. The molecule has 0 bridgehead atoms. The Bertz CT molecular complexity index is 1000. The van der Waals surface area contributed by atoms with E-state index in [1.54, 1.807) is 6.92 Å². The topological polar surface area (TPSA) is 80.1 Å². The van der Waals surface area contributed by atoms with Gasteiger partial charge in [-0.25, -0.2) is 0 Å². The van der Waals surface area contributed by atoms with E-state index in [-0.39, 0.29) is 49.7 Å². The second-order valence-corrected chi connectivity index (χ2v) is 9.13. The van der Waals surface area contributed by atoms with E-state index in [0.717, 1.165) is 15.9 Å². The molecule has 182 valence electrons. The molecule has 4 aliphatic heterocycles. The Morgan fingerprint density at radius 2 is 1.97 bits per heavy atom. The lowest BCUT2D eigenvalue weighted by Gasteiger charge is -2.55. The molecule has 13 heteroatoms. The zero-order valence-electron chi connectivity index (χ0n) is 18.1. The molecule has 3 fully saturated rings. The molecule has 0 aromatic carbocycles. The average Bonchev–Trinajstić information content (AvgIpc) is 2.68. The first-order valence-corrected chi connectivity index (χ1v) is 11.0. The van der Waals surface area contributed by atoms with Crippen molar-refractivity contribution in [1.29, 1.82) is 0 Å². The standard InChI is InChI=1S/C20H25F4N5O4/c1-12-9-32-7-5-27(12)16-15(21)17(31)28-4-2-13(20(22,23)24)29(18(28)25-16)8-14(30)26-10-19(11-26)3-6-33-19/h12-13H,2-11H2,1H3/t12-,13+/m1/s1. The second-order valence-electron chi connectivity index (χ2n) is 9.13. The van der Waals surface area contributed by atoms with Crippen LogP contribution < -0.4 is 15.4 Å². The van der Waals surface area contributed by atoms with Gasteiger partial charge < -0.3 is 24.2 Å². The Morgan fingerprint density at radius 3 is 2.58 bits per heavy atom. The number of hydrogen-bond donors (Lipinski definition) is 0. The molecule has 0 N–H and O–H groups in total. The van der Waals surface area contributed by atoms with Crippen molar-refractivity contribution in [2.24, 2.45) is 0 Å². The lowest BCUT2D eigenvalue weighted by molar-refractivity contribution is -0.221. The number of halogens is 4. The van der Waals surface area contributed by atoms with Crippen molar-refractivity contribution in [1.82, 2.24) is 14.5 Å². The molecule has 9 nitrogen and oxygen atoms in total. The van der Waals surface area contributed by atoms with E-state index in [2.05, 4.69) is 4.98 Å². The zero-order chi connectivity index (χ0) is 23.5. The monoisotopic (exact) mass is 475 g/mol. The van der Waals surface area contributed by atoms with Crippen LogP contribution in [0.5, 0.6) is 0 Å². The summed E-state index contributed by atoms with van der Waals surface area (Å²) >= 11 is 0. The van der Waals surface area contributed by atoms with Crippen LogP contribution >= 0.6 is 0 Å². The Labute approximate surface area is 186 Å². The van der Waals surface area contributed by atoms with Gasteiger partial charge in [0.05, 0.1) is 39.0 Å². The van der Waals surface area contributed by atoms with Gasteiger partial charge >= 0.3 is 6.18 Å². The molecule has 5 heterocycles. The van der Waals surface area contributed by atoms with Gasteiger partial charge in [-0.2, -0.15) is 22.5 Å². The number of alkyl halides is 3. The summed E-state index contributed by atoms with van der Waals surface area (Å²) in [6.45, 7) is 2.85. The van der Waals surface area contributed by atoms with Crippen LogP contribution in [0.1, 0.15) is 19.8 Å². The van der Waals surface area contributed by atoms with Crippen LogP contribution in [0.3, 0.4) is 0 Å². The molecule has 5 rings (SSSR count). The number of amides is 1. The van der Waals surface area contributed by atoms with Crippen molar-refractivity contribution in [3.05, 3.63) is 16.2 Å². The van der Waals surface area contributed by atoms with E-state index in [9.17, 15) is 27.2 Å². The summed E-state index contributed by atoms with van der Waals surface area (Å²) in [4.78, 5) is 33.6. The molecule has 1 aromatic rings. The predicted molar refractivity (Wildman–Crippen MR) is 108 cm³/mol. The van der Waals surface area contributed by atoms with Gasteiger partial charge in [0.2, 0.25) is 17.7 Å². The smallest absolute Gasteiger partial charge is 0.377 e. The highest BCUT2D eigenvalue weighted by Crippen LogP contribution is 2.38. The van der Waals surface area contributed by atoms with E-state index in [1.807, 2.05) is 0 Å². The highest BCUT2D eigenvalue weighted by atomic mass is 19.4. The fourth-order valence-corrected chi connectivity index (χ4v) is 4.94. The summed E-state index contributed by atoms with van der Waals surface area (Å²) in [5, 5.41) is 0. The van der Waals surface area contributed by atoms with E-state index < -0.39 is 42.5 Å². The van der Waals surface area contributed by atoms with Crippen molar-refractivity contribution in [2.75, 3.05) is 55.8 Å². The molecular weight excluding hydrogens is 450 g/mol. The van der Waals surface area contributed by atoms with Crippen molar-refractivity contribution in [3.8, 4) is 0 Å². The number of likely N-dealkylation sites (tertiary alicyclic amines) is 1. The van der Waals surface area contributed by atoms with E-state index in [1.165, 1.54) is 9.80 Å². The molecule has 0 radical (unpaired) electrons. The fraction of sp³-hybridized carbons (Fsp3) is 0.750. The Morgan fingerprint density at radius 1 is 1.24 bits per heavy atom. The SMILES string of the molecule is C[C@@H]1COCCN1c1nc2n(c(=O)c1F)CC[C@@H](C(F)(F)F)N2CC(=O)N1CC2(CCO2)C1. The van der Waals surface area contributed by atoms with Gasteiger partial charge in [-0.3, -0.25) is 14.2 Å². The van der Waals surface area contributed by atoms with Gasteiger partial charge in [-0.15, -0.1) is 0 Å². The van der Waals surface area contributed by atoms with Crippen LogP contribution in [0, 0.1) is 5.82 Å². The third-order valence-corrected chi connectivity index (χ3v) is 6.94. The van der Waals surface area contributed by atoms with Crippen LogP contribution in [0.2, 0.25) is 0 Å². The lowest BCUT2D eigenvalue weighted by atomic mass is 9.86. The first-order valence-electron chi connectivity index (χ1n) is 11.0. The minimum atomic E-state index is -4.66. The molecule has 0 aliphatic carbocycles. The number of carbonyl (C=O) groups is 1. The van der Waals surface area contributed by atoms with Crippen LogP contribution in [-0.4, -0.2) is 90.2 Å². The molecule has 1 spiro atoms. The van der Waals surface area contributed by atoms with Gasteiger partial charge in [-0.1, -0.05) is 0 Å². The number of morpholine rings is 1. The van der Waals surface area contributed by atoms with Gasteiger partial charge in [0.1, 0.15) is 18.2 Å². The number of carbonyl (C=O) groups excluding carboxylic acids is 1. The molecule has 1 amide bonds. The van der Waals surface area contributed by atoms with Crippen molar-refractivity contribution in [3.63, 3.8) is 0 Å². The summed E-state index contributed by atoms with van der Waals surface area (Å²) in [6.07, 6.45) is -4.33. The molecule has 3 saturated heterocycles. The molecule has 33 heavy (non-hydrogen) atoms. The summed E-state index contributed by atoms with van der Waals surface area (Å²) < 4.78 is 68.4. The Kier molecular flexibility index (Phi) is 5.31. The van der Waals surface area contributed by atoms with E-state index >= 15 is 0 Å². The first kappa shape index (κ1) is 22.4. The molecule has 1 aromatic heterocycles. The Hall–Kier alpha value is -2.41. The van der Waals surface area contributed by atoms with Crippen LogP contribution in [0.4, 0.5) is 29.3 Å². The minimum Gasteiger partial charge on any atom is -0.377 e. The van der Waals surface area contributed by atoms with Crippen LogP contribution in [-0.2, 0) is 20.8 Å². The summed E-state index contributed by atoms with van der Waals surface area (Å²) in [5.74, 6) is -2.28. The average molecular weight is 475 g/mol. The number of aromatic nitrogens is 2. The van der Waals surface area contributed by atoms with Crippen molar-refractivity contribution in [2.45, 2.75) is 50.2 Å². The van der Waals surface area contributed by atoms with Gasteiger partial charge in [0.25, 0.3) is 5.56 Å². The largest absolute Gasteiger partial charge is 0.408 e. The first-order chi connectivity index (χ1) is 15.6. The maximum Gasteiger partial charge on any atom is 0.408 e. The normalized spacial score (nSPS) is 26.6. The molecule has 0 unspecified atom stereocenters. The molecular formula is C20H25F4N5O4. The lowest BCUT2D eigenvalue weighted by Crippen LogP contribution is -2.70. The van der Waals surface area contributed by atoms with Crippen molar-refractivity contribution >= 4 is 17.7 Å². The highest BCUT2D eigenvalue weighted by Gasteiger charge is 2.52. The maximum absolute atomic E-state index is 15.0.